The minimum absolute atomic E-state index is 0.111. The number of hydrogen-bond donors (Lipinski definition) is 2. The second-order valence-corrected chi connectivity index (χ2v) is 3.62. The lowest BCUT2D eigenvalue weighted by Gasteiger charge is -2.02. The molecule has 0 atom stereocenters. The van der Waals surface area contributed by atoms with Crippen LogP contribution in [-0.2, 0) is 6.54 Å². The predicted octanol–water partition coefficient (Wildman–Crippen LogP) is 1.78. The average molecular weight is 227 g/mol. The van der Waals surface area contributed by atoms with E-state index in [9.17, 15) is 9.18 Å². The van der Waals surface area contributed by atoms with Crippen molar-refractivity contribution in [2.45, 2.75) is 6.54 Å². The Labute approximate surface area is 89.7 Å². The summed E-state index contributed by atoms with van der Waals surface area (Å²) in [6.45, 7) is 0.111. The van der Waals surface area contributed by atoms with Crippen LogP contribution in [0.2, 0.25) is 5.02 Å². The third-order valence-corrected chi connectivity index (χ3v) is 2.38. The van der Waals surface area contributed by atoms with Gasteiger partial charge in [-0.2, -0.15) is 0 Å². The summed E-state index contributed by atoms with van der Waals surface area (Å²) < 4.78 is 13.4. The number of hydrogen-bond acceptors (Lipinski definition) is 2. The zero-order valence-corrected chi connectivity index (χ0v) is 8.44. The van der Waals surface area contributed by atoms with Crippen molar-refractivity contribution in [1.82, 2.24) is 4.98 Å². The van der Waals surface area contributed by atoms with Gasteiger partial charge in [-0.3, -0.25) is 4.79 Å². The summed E-state index contributed by atoms with van der Waals surface area (Å²) in [7, 11) is 0. The van der Waals surface area contributed by atoms with Crippen LogP contribution in [0.4, 0.5) is 4.39 Å². The lowest BCUT2D eigenvalue weighted by molar-refractivity contribution is 0.636. The second kappa shape index (κ2) is 3.64. The second-order valence-electron chi connectivity index (χ2n) is 3.18. The lowest BCUT2D eigenvalue weighted by Crippen LogP contribution is -2.15. The molecule has 1 aromatic carbocycles. The van der Waals surface area contributed by atoms with Crippen molar-refractivity contribution in [2.75, 3.05) is 0 Å². The van der Waals surface area contributed by atoms with E-state index in [0.717, 1.165) is 6.07 Å². The molecular weight excluding hydrogens is 219 g/mol. The number of H-pyrrole nitrogens is 1. The van der Waals surface area contributed by atoms with E-state index < -0.39 is 5.82 Å². The quantitative estimate of drug-likeness (QED) is 0.779. The average Bonchev–Trinajstić information content (AvgIpc) is 2.18. The van der Waals surface area contributed by atoms with Crippen LogP contribution in [0, 0.1) is 5.82 Å². The van der Waals surface area contributed by atoms with Gasteiger partial charge in [0, 0.05) is 22.5 Å². The molecular formula is C10H8ClFN2O. The van der Waals surface area contributed by atoms with Crippen molar-refractivity contribution >= 4 is 22.5 Å². The van der Waals surface area contributed by atoms with E-state index in [-0.39, 0.29) is 22.6 Å². The van der Waals surface area contributed by atoms with Gasteiger partial charge >= 0.3 is 0 Å². The van der Waals surface area contributed by atoms with Gasteiger partial charge in [0.25, 0.3) is 5.56 Å². The zero-order chi connectivity index (χ0) is 11.0. The molecule has 3 nitrogen and oxygen atoms in total. The number of aromatic amines is 1. The first-order chi connectivity index (χ1) is 7.11. The summed E-state index contributed by atoms with van der Waals surface area (Å²) in [5, 5.41) is 0.829. The SMILES string of the molecule is NCc1cc2cc(Cl)cc(F)c2[nH]c1=O. The Morgan fingerprint density at radius 3 is 2.80 bits per heavy atom. The highest BCUT2D eigenvalue weighted by Gasteiger charge is 2.06. The van der Waals surface area contributed by atoms with Crippen molar-refractivity contribution in [1.29, 1.82) is 0 Å². The van der Waals surface area contributed by atoms with Gasteiger partial charge in [-0.05, 0) is 18.2 Å². The fourth-order valence-electron chi connectivity index (χ4n) is 1.44. The minimum Gasteiger partial charge on any atom is -0.326 e. The number of halogens is 2. The zero-order valence-electron chi connectivity index (χ0n) is 7.68. The first-order valence-electron chi connectivity index (χ1n) is 4.33. The number of pyridine rings is 1. The molecule has 0 amide bonds. The third kappa shape index (κ3) is 1.73. The first kappa shape index (κ1) is 10.1. The number of rotatable bonds is 1. The van der Waals surface area contributed by atoms with Gasteiger partial charge in [-0.1, -0.05) is 11.6 Å². The Morgan fingerprint density at radius 2 is 2.13 bits per heavy atom. The number of aromatic nitrogens is 1. The molecule has 1 aromatic heterocycles. The van der Waals surface area contributed by atoms with E-state index >= 15 is 0 Å². The van der Waals surface area contributed by atoms with Gasteiger partial charge in [0.2, 0.25) is 0 Å². The van der Waals surface area contributed by atoms with Crippen LogP contribution in [0.25, 0.3) is 10.9 Å². The summed E-state index contributed by atoms with van der Waals surface area (Å²) >= 11 is 5.70. The van der Waals surface area contributed by atoms with Crippen LogP contribution in [0.1, 0.15) is 5.56 Å². The predicted molar refractivity (Wildman–Crippen MR) is 57.4 cm³/mol. The van der Waals surface area contributed by atoms with E-state index in [1.54, 1.807) is 12.1 Å². The van der Waals surface area contributed by atoms with Crippen LogP contribution < -0.4 is 11.3 Å². The maximum Gasteiger partial charge on any atom is 0.253 e. The summed E-state index contributed by atoms with van der Waals surface area (Å²) in [4.78, 5) is 13.8. The summed E-state index contributed by atoms with van der Waals surface area (Å²) in [5.74, 6) is -0.543. The smallest absolute Gasteiger partial charge is 0.253 e. The molecule has 0 spiro atoms. The van der Waals surface area contributed by atoms with Gasteiger partial charge < -0.3 is 10.7 Å². The van der Waals surface area contributed by atoms with Gasteiger partial charge in [-0.15, -0.1) is 0 Å². The Balaban J connectivity index is 2.87. The molecule has 0 unspecified atom stereocenters. The van der Waals surface area contributed by atoms with Crippen LogP contribution in [0.15, 0.2) is 23.0 Å². The molecule has 0 fully saturated rings. The molecule has 0 saturated carbocycles. The van der Waals surface area contributed by atoms with Gasteiger partial charge in [-0.25, -0.2) is 4.39 Å². The van der Waals surface area contributed by atoms with Crippen molar-refractivity contribution in [3.63, 3.8) is 0 Å². The van der Waals surface area contributed by atoms with Gasteiger partial charge in [0.05, 0.1) is 5.52 Å². The van der Waals surface area contributed by atoms with Crippen LogP contribution in [0.3, 0.4) is 0 Å². The highest BCUT2D eigenvalue weighted by Crippen LogP contribution is 2.20. The fraction of sp³-hybridized carbons (Fsp3) is 0.100. The lowest BCUT2D eigenvalue weighted by atomic mass is 10.1. The molecule has 1 heterocycles. The largest absolute Gasteiger partial charge is 0.326 e. The van der Waals surface area contributed by atoms with Gasteiger partial charge in [0.15, 0.2) is 0 Å². The molecule has 78 valence electrons. The standard InChI is InChI=1S/C10H8ClFN2O/c11-7-2-5-1-6(4-13)10(15)14-9(5)8(12)3-7/h1-3H,4,13H2,(H,14,15). The Hall–Kier alpha value is -1.39. The Kier molecular flexibility index (Phi) is 2.46. The van der Waals surface area contributed by atoms with E-state index in [4.69, 9.17) is 17.3 Å². The highest BCUT2D eigenvalue weighted by molar-refractivity contribution is 6.31. The van der Waals surface area contributed by atoms with Gasteiger partial charge in [0.1, 0.15) is 5.82 Å². The molecule has 0 aliphatic heterocycles. The maximum absolute atomic E-state index is 13.4. The number of nitrogens with two attached hydrogens (primary N) is 1. The van der Waals surface area contributed by atoms with Crippen molar-refractivity contribution in [3.05, 3.63) is 45.0 Å². The molecule has 0 saturated heterocycles. The number of nitrogens with one attached hydrogen (secondary N) is 1. The summed E-state index contributed by atoms with van der Waals surface area (Å²) in [5.41, 5.74) is 5.56. The van der Waals surface area contributed by atoms with Crippen LogP contribution >= 0.6 is 11.6 Å². The molecule has 0 aliphatic carbocycles. The normalized spacial score (nSPS) is 10.9. The molecule has 15 heavy (non-hydrogen) atoms. The number of fused-ring (bicyclic) bond motifs is 1. The monoisotopic (exact) mass is 226 g/mol. The fourth-order valence-corrected chi connectivity index (χ4v) is 1.65. The third-order valence-electron chi connectivity index (χ3n) is 2.17. The summed E-state index contributed by atoms with van der Waals surface area (Å²) in [6, 6.07) is 4.28. The minimum atomic E-state index is -0.543. The van der Waals surface area contributed by atoms with Crippen LogP contribution in [-0.4, -0.2) is 4.98 Å². The first-order valence-corrected chi connectivity index (χ1v) is 4.70. The summed E-state index contributed by atoms with van der Waals surface area (Å²) in [6.07, 6.45) is 0. The highest BCUT2D eigenvalue weighted by atomic mass is 35.5. The topological polar surface area (TPSA) is 58.9 Å². The number of benzene rings is 1. The molecule has 0 radical (unpaired) electrons. The maximum atomic E-state index is 13.4. The van der Waals surface area contributed by atoms with E-state index in [1.165, 1.54) is 0 Å². The molecule has 0 aliphatic rings. The van der Waals surface area contributed by atoms with E-state index in [2.05, 4.69) is 4.98 Å². The van der Waals surface area contributed by atoms with E-state index in [0.29, 0.717) is 10.9 Å². The molecule has 2 aromatic rings. The van der Waals surface area contributed by atoms with Crippen molar-refractivity contribution in [2.24, 2.45) is 5.73 Å². The molecule has 5 heteroatoms. The van der Waals surface area contributed by atoms with Crippen molar-refractivity contribution < 1.29 is 4.39 Å². The van der Waals surface area contributed by atoms with Crippen LogP contribution in [0.5, 0.6) is 0 Å². The molecule has 2 rings (SSSR count). The Morgan fingerprint density at radius 1 is 1.40 bits per heavy atom. The van der Waals surface area contributed by atoms with Crippen molar-refractivity contribution in [3.8, 4) is 0 Å². The van der Waals surface area contributed by atoms with E-state index in [1.807, 2.05) is 0 Å². The molecule has 0 bridgehead atoms. The molecule has 3 N–H and O–H groups in total. The Bertz CT molecular complexity index is 579.